The Labute approximate surface area is 176 Å². The van der Waals surface area contributed by atoms with E-state index in [4.69, 9.17) is 21.2 Å². The van der Waals surface area contributed by atoms with Gasteiger partial charge in [-0.15, -0.1) is 0 Å². The molecule has 166 valence electrons. The van der Waals surface area contributed by atoms with E-state index in [0.29, 0.717) is 0 Å². The summed E-state index contributed by atoms with van der Waals surface area (Å²) in [6.07, 6.45) is -5.11. The maximum Gasteiger partial charge on any atom is 0.431 e. The van der Waals surface area contributed by atoms with Gasteiger partial charge in [-0.3, -0.25) is 4.79 Å². The predicted octanol–water partition coefficient (Wildman–Crippen LogP) is 2.78. The lowest BCUT2D eigenvalue weighted by Crippen LogP contribution is -2.37. The highest BCUT2D eigenvalue weighted by Gasteiger charge is 2.44. The minimum atomic E-state index is -4.98. The number of ether oxygens (including phenoxy) is 1. The number of H-pyrrole nitrogens is 1. The molecule has 0 amide bonds. The number of aromatic amines is 1. The van der Waals surface area contributed by atoms with Crippen molar-refractivity contribution in [3.8, 4) is 5.69 Å². The minimum Gasteiger partial charge on any atom is -0.463 e. The molecule has 0 saturated heterocycles. The van der Waals surface area contributed by atoms with E-state index in [-0.39, 0.29) is 40.0 Å². The summed E-state index contributed by atoms with van der Waals surface area (Å²) in [5.41, 5.74) is -6.54. The Hall–Kier alpha value is -3.15. The number of hydrogen-bond acceptors (Lipinski definition) is 6. The number of aromatic nitrogens is 2. The number of hydrogen-bond donors (Lipinski definition) is 1. The number of oxime groups is 1. The van der Waals surface area contributed by atoms with Crippen molar-refractivity contribution in [3.63, 3.8) is 0 Å². The van der Waals surface area contributed by atoms with Crippen LogP contribution < -0.4 is 11.2 Å². The Morgan fingerprint density at radius 3 is 2.61 bits per heavy atom. The van der Waals surface area contributed by atoms with E-state index in [2.05, 4.69) is 5.16 Å². The molecule has 1 aromatic carbocycles. The normalized spacial score (nSPS) is 18.5. The molecule has 2 aromatic rings. The Bertz CT molecular complexity index is 1170. The zero-order valence-electron chi connectivity index (χ0n) is 16.0. The first-order chi connectivity index (χ1) is 14.4. The van der Waals surface area contributed by atoms with Crippen LogP contribution in [0.25, 0.3) is 5.69 Å². The first-order valence-corrected chi connectivity index (χ1v) is 9.11. The van der Waals surface area contributed by atoms with Crippen LogP contribution in [0.15, 0.2) is 32.9 Å². The fourth-order valence-corrected chi connectivity index (χ4v) is 3.14. The summed E-state index contributed by atoms with van der Waals surface area (Å²) >= 11 is 6.05. The zero-order valence-corrected chi connectivity index (χ0v) is 16.7. The highest BCUT2D eigenvalue weighted by Crippen LogP contribution is 2.32. The Morgan fingerprint density at radius 2 is 2.03 bits per heavy atom. The van der Waals surface area contributed by atoms with Gasteiger partial charge in [-0.2, -0.15) is 13.2 Å². The summed E-state index contributed by atoms with van der Waals surface area (Å²) in [6, 6.07) is 1.85. The van der Waals surface area contributed by atoms with Crippen LogP contribution in [0.3, 0.4) is 0 Å². The van der Waals surface area contributed by atoms with Gasteiger partial charge in [-0.1, -0.05) is 16.8 Å². The van der Waals surface area contributed by atoms with Crippen LogP contribution in [-0.2, 0) is 20.5 Å². The summed E-state index contributed by atoms with van der Waals surface area (Å²) in [4.78, 5) is 43.0. The number of halogens is 5. The third kappa shape index (κ3) is 4.20. The lowest BCUT2D eigenvalue weighted by atomic mass is 9.95. The van der Waals surface area contributed by atoms with Crippen molar-refractivity contribution in [2.75, 3.05) is 6.61 Å². The van der Waals surface area contributed by atoms with Crippen LogP contribution >= 0.6 is 11.6 Å². The van der Waals surface area contributed by atoms with Gasteiger partial charge in [-0.05, 0) is 26.0 Å². The van der Waals surface area contributed by atoms with Gasteiger partial charge in [0.15, 0.2) is 0 Å². The van der Waals surface area contributed by atoms with Crippen LogP contribution in [0.4, 0.5) is 17.6 Å². The molecule has 0 fully saturated rings. The molecular formula is C18H14ClF4N3O5. The summed E-state index contributed by atoms with van der Waals surface area (Å²) in [5.74, 6) is -1.85. The van der Waals surface area contributed by atoms with Crippen molar-refractivity contribution in [2.45, 2.75) is 32.0 Å². The van der Waals surface area contributed by atoms with E-state index in [1.54, 1.807) is 6.92 Å². The average molecular weight is 464 g/mol. The van der Waals surface area contributed by atoms with E-state index in [9.17, 15) is 31.9 Å². The topological polar surface area (TPSA) is 103 Å². The fraction of sp³-hybridized carbons (Fsp3) is 0.333. The number of esters is 1. The van der Waals surface area contributed by atoms with E-state index in [1.807, 2.05) is 0 Å². The molecule has 1 atom stereocenters. The van der Waals surface area contributed by atoms with E-state index >= 15 is 0 Å². The SMILES string of the molecule is CCOC(=O)[C@]1(C)CC(c2cc(-n3c(=O)cc(C(F)(F)F)[nH]c3=O)c(F)cc2Cl)=NO1. The molecule has 2 heterocycles. The molecule has 31 heavy (non-hydrogen) atoms. The molecular weight excluding hydrogens is 450 g/mol. The predicted molar refractivity (Wildman–Crippen MR) is 99.9 cm³/mol. The van der Waals surface area contributed by atoms with Crippen LogP contribution in [-0.4, -0.2) is 33.4 Å². The molecule has 3 rings (SSSR count). The molecule has 1 aromatic heterocycles. The van der Waals surface area contributed by atoms with Crippen molar-refractivity contribution in [3.05, 3.63) is 61.1 Å². The van der Waals surface area contributed by atoms with E-state index in [0.717, 1.165) is 12.1 Å². The second-order valence-electron chi connectivity index (χ2n) is 6.70. The van der Waals surface area contributed by atoms with Crippen LogP contribution in [0.2, 0.25) is 5.02 Å². The molecule has 1 aliphatic rings. The number of rotatable bonds is 4. The van der Waals surface area contributed by atoms with Gasteiger partial charge in [0.2, 0.25) is 5.60 Å². The summed E-state index contributed by atoms with van der Waals surface area (Å²) in [5, 5.41) is 3.58. The van der Waals surface area contributed by atoms with Gasteiger partial charge in [0.25, 0.3) is 5.56 Å². The van der Waals surface area contributed by atoms with E-state index in [1.165, 1.54) is 11.9 Å². The highest BCUT2D eigenvalue weighted by molar-refractivity contribution is 6.34. The summed E-state index contributed by atoms with van der Waals surface area (Å²) in [7, 11) is 0. The van der Waals surface area contributed by atoms with Gasteiger partial charge in [0.1, 0.15) is 11.5 Å². The minimum absolute atomic E-state index is 0.0114. The van der Waals surface area contributed by atoms with Crippen molar-refractivity contribution < 1.29 is 31.9 Å². The number of nitrogens with zero attached hydrogens (tertiary/aromatic N) is 2. The largest absolute Gasteiger partial charge is 0.463 e. The molecule has 13 heteroatoms. The molecule has 0 unspecified atom stereocenters. The third-order valence-corrected chi connectivity index (χ3v) is 4.71. The standard InChI is InChI=1S/C18H14ClF4N3O5/c1-3-30-15(28)17(2)7-11(25-31-17)8-4-12(10(20)5-9(8)19)26-14(27)6-13(18(21,22)23)24-16(26)29/h4-6H,3,7H2,1-2H3,(H,24,29)/t17-/m0/s1. The van der Waals surface area contributed by atoms with Gasteiger partial charge < -0.3 is 14.6 Å². The van der Waals surface area contributed by atoms with Crippen molar-refractivity contribution in [1.29, 1.82) is 0 Å². The number of benzene rings is 1. The van der Waals surface area contributed by atoms with Gasteiger partial charge in [-0.25, -0.2) is 18.5 Å². The monoisotopic (exact) mass is 463 g/mol. The molecule has 0 aliphatic carbocycles. The third-order valence-electron chi connectivity index (χ3n) is 4.40. The van der Waals surface area contributed by atoms with Gasteiger partial charge in [0, 0.05) is 18.1 Å². The molecule has 0 saturated carbocycles. The highest BCUT2D eigenvalue weighted by atomic mass is 35.5. The molecule has 0 spiro atoms. The first kappa shape index (κ1) is 22.5. The Balaban J connectivity index is 2.08. The zero-order chi connectivity index (χ0) is 23.1. The van der Waals surface area contributed by atoms with Crippen LogP contribution in [0, 0.1) is 5.82 Å². The van der Waals surface area contributed by atoms with Crippen molar-refractivity contribution >= 4 is 23.3 Å². The number of carbonyl (C=O) groups is 1. The number of carbonyl (C=O) groups excluding carboxylic acids is 1. The molecule has 8 nitrogen and oxygen atoms in total. The maximum atomic E-state index is 14.5. The molecule has 1 N–H and O–H groups in total. The summed E-state index contributed by atoms with van der Waals surface area (Å²) < 4.78 is 58.0. The van der Waals surface area contributed by atoms with Gasteiger partial charge in [0.05, 0.1) is 23.0 Å². The van der Waals surface area contributed by atoms with Gasteiger partial charge >= 0.3 is 17.8 Å². The second-order valence-corrected chi connectivity index (χ2v) is 7.11. The fourth-order valence-electron chi connectivity index (χ4n) is 2.88. The maximum absolute atomic E-state index is 14.5. The average Bonchev–Trinajstić information content (AvgIpc) is 3.05. The smallest absolute Gasteiger partial charge is 0.431 e. The molecule has 1 aliphatic heterocycles. The quantitative estimate of drug-likeness (QED) is 0.555. The molecule has 0 radical (unpaired) electrons. The second kappa shape index (κ2) is 7.84. The molecule has 0 bridgehead atoms. The van der Waals surface area contributed by atoms with Crippen molar-refractivity contribution in [1.82, 2.24) is 9.55 Å². The lowest BCUT2D eigenvalue weighted by molar-refractivity contribution is -0.166. The first-order valence-electron chi connectivity index (χ1n) is 8.73. The van der Waals surface area contributed by atoms with Crippen LogP contribution in [0.5, 0.6) is 0 Å². The van der Waals surface area contributed by atoms with E-state index < -0.39 is 46.2 Å². The Morgan fingerprint density at radius 1 is 1.35 bits per heavy atom. The lowest BCUT2D eigenvalue weighted by Gasteiger charge is -2.18. The Kier molecular flexibility index (Phi) is 5.70. The number of alkyl halides is 3. The number of nitrogens with one attached hydrogen (secondary N) is 1. The van der Waals surface area contributed by atoms with Crippen LogP contribution in [0.1, 0.15) is 31.5 Å². The van der Waals surface area contributed by atoms with Crippen molar-refractivity contribution in [2.24, 2.45) is 5.16 Å². The summed E-state index contributed by atoms with van der Waals surface area (Å²) in [6.45, 7) is 3.10.